The lowest BCUT2D eigenvalue weighted by Gasteiger charge is -2.31. The van der Waals surface area contributed by atoms with Gasteiger partial charge in [0.1, 0.15) is 30.1 Å². The summed E-state index contributed by atoms with van der Waals surface area (Å²) in [5, 5.41) is 0. The lowest BCUT2D eigenvalue weighted by Crippen LogP contribution is -2.45. The third-order valence-corrected chi connectivity index (χ3v) is 4.97. The molecule has 1 amide bonds. The first-order valence-corrected chi connectivity index (χ1v) is 10.1. The zero-order valence-electron chi connectivity index (χ0n) is 18.2. The standard InChI is InChI=1S/C22H26F3N3O3/c1-12(15-7-6-14(23)9-16(15)24)8-19-26-10-17(25)20(27-19)28-18(11-30-21(28)29)13(2)31-22(3,4)5/h6-7,9-10,12-13,18H,8,11H2,1-5H3/t12-,13-,18-/m1/s1. The zero-order valence-corrected chi connectivity index (χ0v) is 18.2. The van der Waals surface area contributed by atoms with E-state index < -0.39 is 47.2 Å². The molecule has 0 unspecified atom stereocenters. The number of aromatic nitrogens is 2. The molecule has 6 nitrogen and oxygen atoms in total. The van der Waals surface area contributed by atoms with Crippen LogP contribution in [0.25, 0.3) is 0 Å². The fourth-order valence-corrected chi connectivity index (χ4v) is 3.61. The van der Waals surface area contributed by atoms with Crippen molar-refractivity contribution in [3.8, 4) is 0 Å². The molecule has 0 radical (unpaired) electrons. The van der Waals surface area contributed by atoms with Crippen LogP contribution in [0.15, 0.2) is 24.4 Å². The lowest BCUT2D eigenvalue weighted by atomic mass is 9.97. The Bertz CT molecular complexity index is 965. The summed E-state index contributed by atoms with van der Waals surface area (Å²) in [6.45, 7) is 9.19. The predicted octanol–water partition coefficient (Wildman–Crippen LogP) is 4.77. The number of cyclic esters (lactones) is 1. The first-order valence-electron chi connectivity index (χ1n) is 10.1. The highest BCUT2D eigenvalue weighted by atomic mass is 19.1. The number of anilines is 1. The number of carbonyl (C=O) groups is 1. The van der Waals surface area contributed by atoms with E-state index in [9.17, 15) is 18.0 Å². The zero-order chi connectivity index (χ0) is 22.9. The molecular weight excluding hydrogens is 411 g/mol. The van der Waals surface area contributed by atoms with E-state index in [4.69, 9.17) is 9.47 Å². The fourth-order valence-electron chi connectivity index (χ4n) is 3.61. The molecule has 3 rings (SSSR count). The maximum atomic E-state index is 14.6. The summed E-state index contributed by atoms with van der Waals surface area (Å²) in [4.78, 5) is 21.7. The number of nitrogens with zero attached hydrogens (tertiary/aromatic N) is 3. The third kappa shape index (κ3) is 5.33. The van der Waals surface area contributed by atoms with Crippen molar-refractivity contribution in [1.82, 2.24) is 9.97 Å². The molecule has 1 aromatic heterocycles. The molecule has 3 atom stereocenters. The molecule has 0 N–H and O–H groups in total. The number of hydrogen-bond donors (Lipinski definition) is 0. The number of rotatable bonds is 6. The van der Waals surface area contributed by atoms with Gasteiger partial charge in [-0.3, -0.25) is 0 Å². The van der Waals surface area contributed by atoms with Crippen LogP contribution in [0.2, 0.25) is 0 Å². The smallest absolute Gasteiger partial charge is 0.416 e. The van der Waals surface area contributed by atoms with Gasteiger partial charge in [-0.05, 0) is 45.2 Å². The van der Waals surface area contributed by atoms with Crippen molar-refractivity contribution in [2.24, 2.45) is 0 Å². The van der Waals surface area contributed by atoms with Gasteiger partial charge in [-0.2, -0.15) is 0 Å². The Morgan fingerprint density at radius 2 is 1.94 bits per heavy atom. The summed E-state index contributed by atoms with van der Waals surface area (Å²) >= 11 is 0. The number of amides is 1. The van der Waals surface area contributed by atoms with Crippen molar-refractivity contribution in [2.75, 3.05) is 11.5 Å². The Labute approximate surface area is 179 Å². The summed E-state index contributed by atoms with van der Waals surface area (Å²) < 4.78 is 53.0. The number of ether oxygens (including phenoxy) is 2. The van der Waals surface area contributed by atoms with Crippen molar-refractivity contribution >= 4 is 11.9 Å². The van der Waals surface area contributed by atoms with Gasteiger partial charge in [0.15, 0.2) is 11.6 Å². The van der Waals surface area contributed by atoms with E-state index in [2.05, 4.69) is 9.97 Å². The van der Waals surface area contributed by atoms with Gasteiger partial charge in [-0.25, -0.2) is 32.8 Å². The van der Waals surface area contributed by atoms with E-state index in [0.29, 0.717) is 5.56 Å². The Morgan fingerprint density at radius 3 is 2.58 bits per heavy atom. The van der Waals surface area contributed by atoms with Gasteiger partial charge in [0.05, 0.1) is 17.9 Å². The molecule has 0 bridgehead atoms. The van der Waals surface area contributed by atoms with Crippen LogP contribution in [0, 0.1) is 17.5 Å². The second-order valence-corrected chi connectivity index (χ2v) is 8.68. The predicted molar refractivity (Wildman–Crippen MR) is 108 cm³/mol. The van der Waals surface area contributed by atoms with E-state index in [1.54, 1.807) is 13.8 Å². The highest BCUT2D eigenvalue weighted by Crippen LogP contribution is 2.29. The molecule has 31 heavy (non-hydrogen) atoms. The summed E-state index contributed by atoms with van der Waals surface area (Å²) in [7, 11) is 0. The minimum absolute atomic E-state index is 0.0338. The van der Waals surface area contributed by atoms with E-state index in [1.165, 1.54) is 12.1 Å². The van der Waals surface area contributed by atoms with Gasteiger partial charge in [0, 0.05) is 12.5 Å². The van der Waals surface area contributed by atoms with Gasteiger partial charge < -0.3 is 9.47 Å². The average molecular weight is 437 g/mol. The molecule has 0 spiro atoms. The van der Waals surface area contributed by atoms with Crippen LogP contribution in [-0.4, -0.2) is 40.4 Å². The molecule has 1 aliphatic rings. The first-order chi connectivity index (χ1) is 14.5. The Morgan fingerprint density at radius 1 is 1.23 bits per heavy atom. The summed E-state index contributed by atoms with van der Waals surface area (Å²) in [6.07, 6.45) is -0.0344. The molecule has 1 aromatic carbocycles. The number of hydrogen-bond acceptors (Lipinski definition) is 5. The third-order valence-electron chi connectivity index (χ3n) is 4.97. The Kier molecular flexibility index (Phi) is 6.54. The van der Waals surface area contributed by atoms with Gasteiger partial charge in [-0.15, -0.1) is 0 Å². The van der Waals surface area contributed by atoms with Crippen molar-refractivity contribution in [1.29, 1.82) is 0 Å². The maximum Gasteiger partial charge on any atom is 0.416 e. The second-order valence-electron chi connectivity index (χ2n) is 8.68. The van der Waals surface area contributed by atoms with Gasteiger partial charge >= 0.3 is 6.09 Å². The maximum absolute atomic E-state index is 14.6. The lowest BCUT2D eigenvalue weighted by molar-refractivity contribution is -0.0618. The van der Waals surface area contributed by atoms with Crippen LogP contribution in [0.3, 0.4) is 0 Å². The Balaban J connectivity index is 1.86. The summed E-state index contributed by atoms with van der Waals surface area (Å²) in [5.41, 5.74) is -0.178. The molecule has 0 saturated carbocycles. The first kappa shape index (κ1) is 23.0. The quantitative estimate of drug-likeness (QED) is 0.652. The van der Waals surface area contributed by atoms with Crippen LogP contribution in [-0.2, 0) is 15.9 Å². The van der Waals surface area contributed by atoms with Crippen molar-refractivity contribution in [2.45, 2.75) is 64.7 Å². The molecule has 0 aliphatic carbocycles. The highest BCUT2D eigenvalue weighted by molar-refractivity contribution is 5.89. The van der Waals surface area contributed by atoms with E-state index in [0.717, 1.165) is 17.2 Å². The van der Waals surface area contributed by atoms with Crippen LogP contribution < -0.4 is 4.90 Å². The number of carbonyl (C=O) groups excluding carboxylic acids is 1. The van der Waals surface area contributed by atoms with Crippen LogP contribution in [0.4, 0.5) is 23.8 Å². The summed E-state index contributed by atoms with van der Waals surface area (Å²) in [5.74, 6) is -2.52. The van der Waals surface area contributed by atoms with Crippen molar-refractivity contribution in [3.63, 3.8) is 0 Å². The largest absolute Gasteiger partial charge is 0.447 e. The van der Waals surface area contributed by atoms with E-state index in [1.807, 2.05) is 20.8 Å². The van der Waals surface area contributed by atoms with Gasteiger partial charge in [-0.1, -0.05) is 13.0 Å². The normalized spacial score (nSPS) is 18.8. The van der Waals surface area contributed by atoms with Crippen LogP contribution >= 0.6 is 0 Å². The molecule has 2 heterocycles. The van der Waals surface area contributed by atoms with E-state index in [-0.39, 0.29) is 24.7 Å². The molecule has 1 saturated heterocycles. The monoisotopic (exact) mass is 437 g/mol. The highest BCUT2D eigenvalue weighted by Gasteiger charge is 2.41. The molecule has 1 aliphatic heterocycles. The molecule has 9 heteroatoms. The number of benzene rings is 1. The summed E-state index contributed by atoms with van der Waals surface area (Å²) in [6, 6.07) is 2.77. The van der Waals surface area contributed by atoms with Crippen LogP contribution in [0.1, 0.15) is 51.9 Å². The Hall–Kier alpha value is -2.68. The fraction of sp³-hybridized carbons (Fsp3) is 0.500. The SMILES string of the molecule is C[C@H](Cc1ncc(F)c(N2C(=O)OC[C@@H]2[C@@H](C)OC(C)(C)C)n1)c1ccc(F)cc1F. The van der Waals surface area contributed by atoms with Crippen molar-refractivity contribution in [3.05, 3.63) is 53.2 Å². The van der Waals surface area contributed by atoms with Crippen molar-refractivity contribution < 1.29 is 27.4 Å². The molecule has 2 aromatic rings. The number of halogens is 3. The van der Waals surface area contributed by atoms with Crippen LogP contribution in [0.5, 0.6) is 0 Å². The molecule has 1 fully saturated rings. The second kappa shape index (κ2) is 8.82. The van der Waals surface area contributed by atoms with Gasteiger partial charge in [0.2, 0.25) is 0 Å². The average Bonchev–Trinajstić information content (AvgIpc) is 3.03. The van der Waals surface area contributed by atoms with E-state index >= 15 is 0 Å². The topological polar surface area (TPSA) is 64.6 Å². The molecular formula is C22H26F3N3O3. The minimum Gasteiger partial charge on any atom is -0.447 e. The molecule has 168 valence electrons. The minimum atomic E-state index is -0.781. The van der Waals surface area contributed by atoms with Gasteiger partial charge in [0.25, 0.3) is 0 Å².